The van der Waals surface area contributed by atoms with E-state index in [1.807, 2.05) is 0 Å². The van der Waals surface area contributed by atoms with Crippen LogP contribution >= 0.6 is 0 Å². The van der Waals surface area contributed by atoms with Crippen molar-refractivity contribution in [1.29, 1.82) is 0 Å². The summed E-state index contributed by atoms with van der Waals surface area (Å²) in [6, 6.07) is 5.11. The summed E-state index contributed by atoms with van der Waals surface area (Å²) in [5.74, 6) is 0.791. The topological polar surface area (TPSA) is 38.9 Å². The van der Waals surface area contributed by atoms with E-state index in [1.54, 1.807) is 18.5 Å². The molecule has 24 heavy (non-hydrogen) atoms. The zero-order chi connectivity index (χ0) is 17.3. The van der Waals surface area contributed by atoms with E-state index >= 15 is 0 Å². The largest absolute Gasteiger partial charge is 0.436 e. The van der Waals surface area contributed by atoms with E-state index in [9.17, 15) is 13.2 Å². The molecule has 3 aromatic rings. The van der Waals surface area contributed by atoms with Crippen LogP contribution in [0.1, 0.15) is 31.4 Å². The minimum absolute atomic E-state index is 0.200. The molecule has 0 amide bonds. The number of rotatable bonds is 4. The van der Waals surface area contributed by atoms with E-state index in [4.69, 9.17) is 4.42 Å². The van der Waals surface area contributed by atoms with Gasteiger partial charge in [0.05, 0.1) is 5.56 Å². The molecule has 2 heterocycles. The first-order chi connectivity index (χ1) is 11.4. The summed E-state index contributed by atoms with van der Waals surface area (Å²) in [5, 5.41) is 0. The van der Waals surface area contributed by atoms with E-state index in [0.29, 0.717) is 17.4 Å². The molecule has 3 rings (SSSR count). The highest BCUT2D eigenvalue weighted by Crippen LogP contribution is 2.33. The highest BCUT2D eigenvalue weighted by Gasteiger charge is 2.31. The van der Waals surface area contributed by atoms with Crippen LogP contribution in [-0.4, -0.2) is 9.97 Å². The summed E-state index contributed by atoms with van der Waals surface area (Å²) in [5.41, 5.74) is 1.56. The number of hydrogen-bond donors (Lipinski definition) is 0. The van der Waals surface area contributed by atoms with Crippen molar-refractivity contribution in [2.45, 2.75) is 32.9 Å². The van der Waals surface area contributed by atoms with Gasteiger partial charge in [0, 0.05) is 18.0 Å². The number of fused-ring (bicyclic) bond motifs is 1. The van der Waals surface area contributed by atoms with Gasteiger partial charge in [0.15, 0.2) is 5.58 Å². The first kappa shape index (κ1) is 16.5. The smallest absolute Gasteiger partial charge is 0.416 e. The number of hydrogen-bond acceptors (Lipinski definition) is 3. The van der Waals surface area contributed by atoms with Crippen molar-refractivity contribution in [3.63, 3.8) is 0 Å². The summed E-state index contributed by atoms with van der Waals surface area (Å²) in [6.07, 6.45) is 0.831. The highest BCUT2D eigenvalue weighted by atomic mass is 19.4. The van der Waals surface area contributed by atoms with Crippen molar-refractivity contribution in [1.82, 2.24) is 9.97 Å². The van der Waals surface area contributed by atoms with Gasteiger partial charge in [-0.05, 0) is 42.2 Å². The molecule has 0 spiro atoms. The molecule has 0 aliphatic rings. The van der Waals surface area contributed by atoms with Crippen LogP contribution in [0.5, 0.6) is 0 Å². The van der Waals surface area contributed by atoms with E-state index < -0.39 is 11.7 Å². The first-order valence-electron chi connectivity index (χ1n) is 7.79. The van der Waals surface area contributed by atoms with Crippen molar-refractivity contribution in [2.75, 3.05) is 0 Å². The molecule has 2 aromatic heterocycles. The van der Waals surface area contributed by atoms with Gasteiger partial charge in [0.1, 0.15) is 5.52 Å². The van der Waals surface area contributed by atoms with Crippen molar-refractivity contribution in [3.8, 4) is 11.5 Å². The fourth-order valence-electron chi connectivity index (χ4n) is 2.54. The fourth-order valence-corrected chi connectivity index (χ4v) is 2.54. The first-order valence-corrected chi connectivity index (χ1v) is 7.79. The van der Waals surface area contributed by atoms with Crippen LogP contribution in [0, 0.1) is 5.92 Å². The second-order valence-electron chi connectivity index (χ2n) is 5.95. The van der Waals surface area contributed by atoms with Gasteiger partial charge in [-0.15, -0.1) is 0 Å². The number of benzene rings is 1. The van der Waals surface area contributed by atoms with E-state index in [2.05, 4.69) is 23.8 Å². The normalized spacial score (nSPS) is 13.4. The van der Waals surface area contributed by atoms with Gasteiger partial charge < -0.3 is 4.42 Å². The molecule has 0 aliphatic heterocycles. The standard InChI is InChI=1S/C18H17F3N2O/c1-3-11(2)8-12-10-22-7-6-14(12)17-23-15-9-13(18(19,20)21)4-5-16(15)24-17/h4-7,9-11H,3,8H2,1-2H3. The second-order valence-corrected chi connectivity index (χ2v) is 5.95. The zero-order valence-electron chi connectivity index (χ0n) is 13.4. The summed E-state index contributed by atoms with van der Waals surface area (Å²) in [7, 11) is 0. The van der Waals surface area contributed by atoms with Crippen LogP contribution < -0.4 is 0 Å². The maximum atomic E-state index is 12.8. The molecule has 1 atom stereocenters. The highest BCUT2D eigenvalue weighted by molar-refractivity contribution is 5.77. The number of nitrogens with zero attached hydrogens (tertiary/aromatic N) is 2. The lowest BCUT2D eigenvalue weighted by Crippen LogP contribution is -2.03. The zero-order valence-corrected chi connectivity index (χ0v) is 13.4. The number of pyridine rings is 1. The van der Waals surface area contributed by atoms with Gasteiger partial charge in [-0.1, -0.05) is 20.3 Å². The molecule has 0 N–H and O–H groups in total. The van der Waals surface area contributed by atoms with Crippen molar-refractivity contribution in [2.24, 2.45) is 5.92 Å². The minimum atomic E-state index is -4.40. The maximum absolute atomic E-state index is 12.8. The quantitative estimate of drug-likeness (QED) is 0.632. The Hall–Kier alpha value is -2.37. The summed E-state index contributed by atoms with van der Waals surface area (Å²) in [6.45, 7) is 4.25. The second kappa shape index (κ2) is 6.26. The lowest BCUT2D eigenvalue weighted by atomic mass is 9.97. The Kier molecular flexibility index (Phi) is 4.30. The van der Waals surface area contributed by atoms with E-state index in [1.165, 1.54) is 6.07 Å². The van der Waals surface area contributed by atoms with Gasteiger partial charge >= 0.3 is 6.18 Å². The summed E-state index contributed by atoms with van der Waals surface area (Å²) >= 11 is 0. The molecule has 0 saturated heterocycles. The lowest BCUT2D eigenvalue weighted by molar-refractivity contribution is -0.137. The van der Waals surface area contributed by atoms with Crippen LogP contribution in [0.3, 0.4) is 0 Å². The lowest BCUT2D eigenvalue weighted by Gasteiger charge is -2.10. The molecule has 1 unspecified atom stereocenters. The van der Waals surface area contributed by atoms with E-state index in [-0.39, 0.29) is 5.52 Å². The Morgan fingerprint density at radius 3 is 2.71 bits per heavy atom. The van der Waals surface area contributed by atoms with Crippen LogP contribution in [0.15, 0.2) is 41.1 Å². The van der Waals surface area contributed by atoms with Crippen LogP contribution in [-0.2, 0) is 12.6 Å². The number of aromatic nitrogens is 2. The molecular formula is C18H17F3N2O. The summed E-state index contributed by atoms with van der Waals surface area (Å²) < 4.78 is 44.1. The minimum Gasteiger partial charge on any atom is -0.436 e. The molecule has 0 saturated carbocycles. The van der Waals surface area contributed by atoms with Crippen molar-refractivity contribution in [3.05, 3.63) is 47.8 Å². The van der Waals surface area contributed by atoms with Gasteiger partial charge in [-0.25, -0.2) is 4.98 Å². The SMILES string of the molecule is CCC(C)Cc1cnccc1-c1nc2cc(C(F)(F)F)ccc2o1. The molecule has 126 valence electrons. The van der Waals surface area contributed by atoms with Crippen molar-refractivity contribution < 1.29 is 17.6 Å². The summed E-state index contributed by atoms with van der Waals surface area (Å²) in [4.78, 5) is 8.40. The molecule has 0 bridgehead atoms. The molecular weight excluding hydrogens is 317 g/mol. The molecule has 3 nitrogen and oxygen atoms in total. The van der Waals surface area contributed by atoms with Crippen molar-refractivity contribution >= 4 is 11.1 Å². The monoisotopic (exact) mass is 334 g/mol. The Bertz CT molecular complexity index is 855. The average Bonchev–Trinajstić information content (AvgIpc) is 2.97. The predicted octanol–water partition coefficient (Wildman–Crippen LogP) is 5.50. The molecule has 0 fully saturated rings. The number of halogens is 3. The third-order valence-electron chi connectivity index (χ3n) is 4.11. The molecule has 1 aromatic carbocycles. The molecule has 0 aliphatic carbocycles. The predicted molar refractivity (Wildman–Crippen MR) is 85.4 cm³/mol. The van der Waals surface area contributed by atoms with Crippen LogP contribution in [0.4, 0.5) is 13.2 Å². The Balaban J connectivity index is 2.04. The molecule has 6 heteroatoms. The maximum Gasteiger partial charge on any atom is 0.416 e. The Morgan fingerprint density at radius 1 is 1.21 bits per heavy atom. The number of oxazole rings is 1. The van der Waals surface area contributed by atoms with Crippen LogP contribution in [0.25, 0.3) is 22.6 Å². The number of alkyl halides is 3. The third kappa shape index (κ3) is 3.27. The van der Waals surface area contributed by atoms with Gasteiger partial charge in [0.25, 0.3) is 0 Å². The van der Waals surface area contributed by atoms with Gasteiger partial charge in [-0.3, -0.25) is 4.98 Å². The fraction of sp³-hybridized carbons (Fsp3) is 0.333. The van der Waals surface area contributed by atoms with E-state index in [0.717, 1.165) is 36.1 Å². The Labute approximate surface area is 137 Å². The molecule has 0 radical (unpaired) electrons. The van der Waals surface area contributed by atoms with Gasteiger partial charge in [-0.2, -0.15) is 13.2 Å². The Morgan fingerprint density at radius 2 is 2.00 bits per heavy atom. The average molecular weight is 334 g/mol. The van der Waals surface area contributed by atoms with Gasteiger partial charge in [0.2, 0.25) is 5.89 Å². The van der Waals surface area contributed by atoms with Crippen LogP contribution in [0.2, 0.25) is 0 Å². The third-order valence-corrected chi connectivity index (χ3v) is 4.11.